The first-order chi connectivity index (χ1) is 9.49. The summed E-state index contributed by atoms with van der Waals surface area (Å²) < 4.78 is 41.8. The molecule has 10 heteroatoms. The van der Waals surface area contributed by atoms with Crippen molar-refractivity contribution < 1.29 is 32.3 Å². The number of hydrogen-bond donors (Lipinski definition) is 1. The summed E-state index contributed by atoms with van der Waals surface area (Å²) in [5, 5.41) is 0. The van der Waals surface area contributed by atoms with Gasteiger partial charge in [0.2, 0.25) is 5.91 Å². The molecule has 2 amide bonds. The predicted molar refractivity (Wildman–Crippen MR) is 65.9 cm³/mol. The Kier molecular flexibility index (Phi) is 7.13. The van der Waals surface area contributed by atoms with E-state index in [1.54, 1.807) is 0 Å². The van der Waals surface area contributed by atoms with Crippen LogP contribution in [0.15, 0.2) is 0 Å². The van der Waals surface area contributed by atoms with E-state index >= 15 is 0 Å². The van der Waals surface area contributed by atoms with E-state index in [-0.39, 0.29) is 11.5 Å². The number of esters is 1. The summed E-state index contributed by atoms with van der Waals surface area (Å²) >= 11 is 0. The van der Waals surface area contributed by atoms with Crippen LogP contribution in [0.2, 0.25) is 0 Å². The highest BCUT2D eigenvalue weighted by Crippen LogP contribution is 2.17. The van der Waals surface area contributed by atoms with Crippen molar-refractivity contribution in [2.24, 2.45) is 5.73 Å². The Balaban J connectivity index is 5.06. The van der Waals surface area contributed by atoms with E-state index in [2.05, 4.69) is 4.74 Å². The number of carbonyl (C=O) groups is 3. The van der Waals surface area contributed by atoms with Gasteiger partial charge in [-0.2, -0.15) is 13.2 Å². The monoisotopic (exact) mass is 313 g/mol. The van der Waals surface area contributed by atoms with E-state index in [1.807, 2.05) is 0 Å². The molecule has 0 aliphatic heterocycles. The first-order valence-electron chi connectivity index (χ1n) is 5.97. The second kappa shape index (κ2) is 7.81. The molecule has 0 bridgehead atoms. The predicted octanol–water partition coefficient (Wildman–Crippen LogP) is -0.644. The highest BCUT2D eigenvalue weighted by Gasteiger charge is 2.37. The molecule has 21 heavy (non-hydrogen) atoms. The number of hydrogen-bond acceptors (Lipinski definition) is 5. The molecule has 1 atom stereocenters. The first kappa shape index (κ1) is 19.2. The molecule has 0 aromatic heterocycles. The number of amides is 2. The lowest BCUT2D eigenvalue weighted by molar-refractivity contribution is -0.168. The molecular formula is C11H18F3N3O4. The summed E-state index contributed by atoms with van der Waals surface area (Å²) in [5.74, 6) is -3.20. The third-order valence-corrected chi connectivity index (χ3v) is 2.31. The molecule has 0 rings (SSSR count). The van der Waals surface area contributed by atoms with Crippen LogP contribution in [-0.2, 0) is 19.1 Å². The number of alkyl halides is 3. The van der Waals surface area contributed by atoms with Crippen molar-refractivity contribution >= 4 is 17.8 Å². The van der Waals surface area contributed by atoms with Gasteiger partial charge in [-0.3, -0.25) is 9.59 Å². The minimum Gasteiger partial charge on any atom is -0.464 e. The normalized spacial score (nSPS) is 12.5. The molecule has 0 aliphatic rings. The summed E-state index contributed by atoms with van der Waals surface area (Å²) in [7, 11) is 2.65. The number of carbonyl (C=O) groups excluding carboxylic acids is 3. The van der Waals surface area contributed by atoms with Gasteiger partial charge in [0.15, 0.2) is 6.04 Å². The second-order valence-electron chi connectivity index (χ2n) is 4.33. The average molecular weight is 313 g/mol. The maximum absolute atomic E-state index is 12.5. The third-order valence-electron chi connectivity index (χ3n) is 2.31. The highest BCUT2D eigenvalue weighted by molar-refractivity contribution is 6.02. The molecule has 0 saturated carbocycles. The molecule has 0 fully saturated rings. The third kappa shape index (κ3) is 6.93. The second-order valence-corrected chi connectivity index (χ2v) is 4.33. The Morgan fingerprint density at radius 1 is 1.24 bits per heavy atom. The molecule has 2 N–H and O–H groups in total. The van der Waals surface area contributed by atoms with Crippen LogP contribution in [-0.4, -0.2) is 73.6 Å². The van der Waals surface area contributed by atoms with Crippen molar-refractivity contribution in [2.75, 3.05) is 33.8 Å². The largest absolute Gasteiger partial charge is 0.464 e. The van der Waals surface area contributed by atoms with Gasteiger partial charge in [0.1, 0.15) is 13.1 Å². The number of halogens is 3. The van der Waals surface area contributed by atoms with Gasteiger partial charge in [-0.05, 0) is 6.92 Å². The number of ether oxygens (including phenoxy) is 1. The average Bonchev–Trinajstić information content (AvgIpc) is 2.34. The van der Waals surface area contributed by atoms with Crippen molar-refractivity contribution in [1.82, 2.24) is 9.80 Å². The number of nitrogens with zero attached hydrogens (tertiary/aromatic N) is 2. The molecular weight excluding hydrogens is 295 g/mol. The zero-order valence-electron chi connectivity index (χ0n) is 11.9. The van der Waals surface area contributed by atoms with Gasteiger partial charge in [0.25, 0.3) is 5.91 Å². The van der Waals surface area contributed by atoms with E-state index in [1.165, 1.54) is 21.0 Å². The van der Waals surface area contributed by atoms with Crippen molar-refractivity contribution in [2.45, 2.75) is 19.1 Å². The van der Waals surface area contributed by atoms with Crippen molar-refractivity contribution in [1.29, 1.82) is 0 Å². The molecule has 0 spiro atoms. The zero-order valence-corrected chi connectivity index (χ0v) is 11.9. The van der Waals surface area contributed by atoms with E-state index in [9.17, 15) is 27.6 Å². The standard InChI is InChI=1S/C11H18F3N3O4/c1-4-21-10(20)8(15)9(19)17(6-11(12,13)14)5-7(18)16(2)3/h8H,4-6,15H2,1-3H3. The van der Waals surface area contributed by atoms with Crippen LogP contribution in [0, 0.1) is 0 Å². The van der Waals surface area contributed by atoms with Gasteiger partial charge in [0.05, 0.1) is 6.61 Å². The fourth-order valence-corrected chi connectivity index (χ4v) is 1.26. The van der Waals surface area contributed by atoms with Crippen LogP contribution in [0.5, 0.6) is 0 Å². The lowest BCUT2D eigenvalue weighted by atomic mass is 10.2. The van der Waals surface area contributed by atoms with Gasteiger partial charge in [-0.15, -0.1) is 0 Å². The highest BCUT2D eigenvalue weighted by atomic mass is 19.4. The van der Waals surface area contributed by atoms with Crippen molar-refractivity contribution in [3.05, 3.63) is 0 Å². The molecule has 1 unspecified atom stereocenters. The molecule has 0 radical (unpaired) electrons. The van der Waals surface area contributed by atoms with Crippen molar-refractivity contribution in [3.8, 4) is 0 Å². The van der Waals surface area contributed by atoms with Crippen molar-refractivity contribution in [3.63, 3.8) is 0 Å². The maximum Gasteiger partial charge on any atom is 0.406 e. The van der Waals surface area contributed by atoms with Gasteiger partial charge >= 0.3 is 12.1 Å². The number of rotatable bonds is 6. The Bertz CT molecular complexity index is 399. The molecule has 0 aliphatic carbocycles. The molecule has 0 heterocycles. The Morgan fingerprint density at radius 2 is 1.76 bits per heavy atom. The fraction of sp³-hybridized carbons (Fsp3) is 0.727. The van der Waals surface area contributed by atoms with Crippen LogP contribution in [0.25, 0.3) is 0 Å². The van der Waals surface area contributed by atoms with E-state index in [4.69, 9.17) is 5.73 Å². The summed E-state index contributed by atoms with van der Waals surface area (Å²) in [6.45, 7) is -1.13. The summed E-state index contributed by atoms with van der Waals surface area (Å²) in [5.41, 5.74) is 5.26. The molecule has 122 valence electrons. The fourth-order valence-electron chi connectivity index (χ4n) is 1.26. The smallest absolute Gasteiger partial charge is 0.406 e. The number of likely N-dealkylation sites (N-methyl/N-ethyl adjacent to an activating group) is 1. The Labute approximate surface area is 119 Å². The van der Waals surface area contributed by atoms with E-state index < -0.39 is 43.1 Å². The molecule has 7 nitrogen and oxygen atoms in total. The van der Waals surface area contributed by atoms with E-state index in [0.29, 0.717) is 0 Å². The Hall–Kier alpha value is -1.84. The maximum atomic E-state index is 12.5. The summed E-state index contributed by atoms with van der Waals surface area (Å²) in [6.07, 6.45) is -4.73. The lowest BCUT2D eigenvalue weighted by Crippen LogP contribution is -2.53. The molecule has 0 aromatic carbocycles. The molecule has 0 saturated heterocycles. The van der Waals surface area contributed by atoms with Gasteiger partial charge in [-0.25, -0.2) is 4.79 Å². The molecule has 0 aromatic rings. The van der Waals surface area contributed by atoms with Gasteiger partial charge < -0.3 is 20.3 Å². The zero-order chi connectivity index (χ0) is 16.8. The van der Waals surface area contributed by atoms with Gasteiger partial charge in [-0.1, -0.05) is 0 Å². The summed E-state index contributed by atoms with van der Waals surface area (Å²) in [6, 6.07) is -1.90. The minimum absolute atomic E-state index is 0.0737. The minimum atomic E-state index is -4.73. The van der Waals surface area contributed by atoms with Gasteiger partial charge in [0, 0.05) is 14.1 Å². The Morgan fingerprint density at radius 3 is 2.14 bits per heavy atom. The quantitative estimate of drug-likeness (QED) is 0.520. The first-order valence-corrected chi connectivity index (χ1v) is 5.97. The lowest BCUT2D eigenvalue weighted by Gasteiger charge is -2.26. The number of nitrogens with two attached hydrogens (primary N) is 1. The SMILES string of the molecule is CCOC(=O)C(N)C(=O)N(CC(=O)N(C)C)CC(F)(F)F. The topological polar surface area (TPSA) is 92.9 Å². The van der Waals surface area contributed by atoms with Crippen LogP contribution in [0.3, 0.4) is 0 Å². The van der Waals surface area contributed by atoms with E-state index in [0.717, 1.165) is 4.90 Å². The van der Waals surface area contributed by atoms with Crippen LogP contribution in [0.1, 0.15) is 6.92 Å². The summed E-state index contributed by atoms with van der Waals surface area (Å²) in [4.78, 5) is 35.8. The van der Waals surface area contributed by atoms with Crippen LogP contribution in [0.4, 0.5) is 13.2 Å². The van der Waals surface area contributed by atoms with Crippen LogP contribution >= 0.6 is 0 Å². The van der Waals surface area contributed by atoms with Crippen LogP contribution < -0.4 is 5.73 Å².